The number of amides is 1. The largest absolute Gasteiger partial charge is 0.486 e. The third-order valence-electron chi connectivity index (χ3n) is 3.01. The Kier molecular flexibility index (Phi) is 5.67. The van der Waals surface area contributed by atoms with Gasteiger partial charge in [0.05, 0.1) is 4.47 Å². The summed E-state index contributed by atoms with van der Waals surface area (Å²) < 4.78 is 12.1. The first-order chi connectivity index (χ1) is 9.66. The third-order valence-corrected chi connectivity index (χ3v) is 3.60. The fourth-order valence-electron chi connectivity index (χ4n) is 2.05. The molecule has 6 heteroatoms. The second-order valence-corrected chi connectivity index (χ2v) is 5.56. The first kappa shape index (κ1) is 15.1. The van der Waals surface area contributed by atoms with Crippen molar-refractivity contribution in [2.75, 3.05) is 19.8 Å². The highest BCUT2D eigenvalue weighted by Crippen LogP contribution is 2.38. The van der Waals surface area contributed by atoms with Gasteiger partial charge in [0, 0.05) is 13.0 Å². The summed E-state index contributed by atoms with van der Waals surface area (Å²) in [7, 11) is 0. The van der Waals surface area contributed by atoms with Crippen LogP contribution in [0.15, 0.2) is 16.6 Å². The summed E-state index contributed by atoms with van der Waals surface area (Å²) in [6.45, 7) is 2.79. The zero-order valence-electron chi connectivity index (χ0n) is 11.3. The lowest BCUT2D eigenvalue weighted by Gasteiger charge is -2.20. The number of rotatable bonds is 7. The van der Waals surface area contributed by atoms with E-state index >= 15 is 0 Å². The normalized spacial score (nSPS) is 13.2. The van der Waals surface area contributed by atoms with Crippen molar-refractivity contribution >= 4 is 21.8 Å². The molecule has 5 nitrogen and oxygen atoms in total. The van der Waals surface area contributed by atoms with Crippen LogP contribution in [0.4, 0.5) is 0 Å². The molecule has 110 valence electrons. The Hall–Kier alpha value is -1.27. The van der Waals surface area contributed by atoms with E-state index in [4.69, 9.17) is 15.2 Å². The number of carbonyl (C=O) groups is 1. The van der Waals surface area contributed by atoms with Crippen molar-refractivity contribution in [2.45, 2.75) is 25.8 Å². The molecule has 1 aliphatic heterocycles. The Balaban J connectivity index is 1.78. The van der Waals surface area contributed by atoms with Gasteiger partial charge in [-0.05, 0) is 53.0 Å². The number of primary amides is 1. The number of carbonyl (C=O) groups excluding carboxylic acids is 1. The van der Waals surface area contributed by atoms with Gasteiger partial charge in [0.15, 0.2) is 11.5 Å². The van der Waals surface area contributed by atoms with Crippen molar-refractivity contribution in [3.63, 3.8) is 0 Å². The van der Waals surface area contributed by atoms with Crippen molar-refractivity contribution in [1.82, 2.24) is 5.32 Å². The molecule has 3 N–H and O–H groups in total. The predicted octanol–water partition coefficient (Wildman–Crippen LogP) is 1.97. The van der Waals surface area contributed by atoms with E-state index in [0.29, 0.717) is 19.6 Å². The Bertz CT molecular complexity index is 480. The zero-order chi connectivity index (χ0) is 14.4. The molecule has 1 aliphatic rings. The van der Waals surface area contributed by atoms with Crippen LogP contribution < -0.4 is 20.5 Å². The van der Waals surface area contributed by atoms with E-state index in [2.05, 4.69) is 21.2 Å². The average Bonchev–Trinajstić information content (AvgIpc) is 2.42. The number of halogens is 1. The Morgan fingerprint density at radius 2 is 2.10 bits per heavy atom. The minimum atomic E-state index is -0.235. The molecule has 1 amide bonds. The van der Waals surface area contributed by atoms with Crippen LogP contribution in [-0.2, 0) is 11.3 Å². The highest BCUT2D eigenvalue weighted by atomic mass is 79.9. The Labute approximate surface area is 126 Å². The predicted molar refractivity (Wildman–Crippen MR) is 79.9 cm³/mol. The lowest BCUT2D eigenvalue weighted by Crippen LogP contribution is -2.18. The second kappa shape index (κ2) is 7.50. The maximum absolute atomic E-state index is 10.6. The number of nitrogens with two attached hydrogens (primary N) is 1. The van der Waals surface area contributed by atoms with E-state index in [-0.39, 0.29) is 5.91 Å². The quantitative estimate of drug-likeness (QED) is 0.743. The molecular formula is C14H19BrN2O3. The van der Waals surface area contributed by atoms with Crippen molar-refractivity contribution < 1.29 is 14.3 Å². The Morgan fingerprint density at radius 3 is 2.90 bits per heavy atom. The minimum absolute atomic E-state index is 0.235. The van der Waals surface area contributed by atoms with E-state index in [0.717, 1.165) is 47.5 Å². The molecule has 1 aromatic rings. The zero-order valence-corrected chi connectivity index (χ0v) is 12.9. The van der Waals surface area contributed by atoms with E-state index in [9.17, 15) is 4.79 Å². The average molecular weight is 343 g/mol. The number of benzene rings is 1. The van der Waals surface area contributed by atoms with Gasteiger partial charge >= 0.3 is 0 Å². The third kappa shape index (κ3) is 4.38. The molecule has 1 heterocycles. The van der Waals surface area contributed by atoms with Gasteiger partial charge in [-0.15, -0.1) is 0 Å². The molecule has 0 bridgehead atoms. The van der Waals surface area contributed by atoms with Gasteiger partial charge in [0.2, 0.25) is 5.91 Å². The summed E-state index contributed by atoms with van der Waals surface area (Å²) in [6, 6.07) is 4.03. The molecule has 0 unspecified atom stereocenters. The van der Waals surface area contributed by atoms with Gasteiger partial charge in [0.25, 0.3) is 0 Å². The summed E-state index contributed by atoms with van der Waals surface area (Å²) in [5, 5.41) is 3.34. The van der Waals surface area contributed by atoms with E-state index in [1.807, 2.05) is 12.1 Å². The van der Waals surface area contributed by atoms with Crippen LogP contribution in [0.2, 0.25) is 0 Å². The van der Waals surface area contributed by atoms with Crippen LogP contribution in [0.5, 0.6) is 11.5 Å². The van der Waals surface area contributed by atoms with Crippen molar-refractivity contribution in [1.29, 1.82) is 0 Å². The van der Waals surface area contributed by atoms with Crippen LogP contribution >= 0.6 is 15.9 Å². The number of fused-ring (bicyclic) bond motifs is 1. The van der Waals surface area contributed by atoms with Crippen molar-refractivity contribution in [3.8, 4) is 11.5 Å². The Morgan fingerprint density at radius 1 is 1.30 bits per heavy atom. The van der Waals surface area contributed by atoms with Gasteiger partial charge in [0.1, 0.15) is 13.2 Å². The van der Waals surface area contributed by atoms with Crippen LogP contribution in [0.3, 0.4) is 0 Å². The summed E-state index contributed by atoms with van der Waals surface area (Å²) in [5.41, 5.74) is 6.22. The summed E-state index contributed by atoms with van der Waals surface area (Å²) in [6.07, 6.45) is 2.22. The monoisotopic (exact) mass is 342 g/mol. The van der Waals surface area contributed by atoms with Gasteiger partial charge in [-0.1, -0.05) is 0 Å². The molecule has 2 rings (SSSR count). The van der Waals surface area contributed by atoms with Crippen LogP contribution in [0.25, 0.3) is 0 Å². The van der Waals surface area contributed by atoms with Crippen LogP contribution in [-0.4, -0.2) is 25.7 Å². The molecule has 20 heavy (non-hydrogen) atoms. The first-order valence-electron chi connectivity index (χ1n) is 6.74. The maximum Gasteiger partial charge on any atom is 0.217 e. The number of unbranched alkanes of at least 4 members (excludes halogenated alkanes) is 1. The highest BCUT2D eigenvalue weighted by Gasteiger charge is 2.15. The molecule has 0 atom stereocenters. The summed E-state index contributed by atoms with van der Waals surface area (Å²) >= 11 is 3.50. The lowest BCUT2D eigenvalue weighted by atomic mass is 10.2. The van der Waals surface area contributed by atoms with Crippen LogP contribution in [0, 0.1) is 0 Å². The van der Waals surface area contributed by atoms with Crippen molar-refractivity contribution in [3.05, 3.63) is 22.2 Å². The molecule has 1 aromatic carbocycles. The molecule has 0 fully saturated rings. The smallest absolute Gasteiger partial charge is 0.217 e. The van der Waals surface area contributed by atoms with Gasteiger partial charge in [-0.2, -0.15) is 0 Å². The standard InChI is InChI=1S/C14H19BrN2O3/c15-11-7-10(8-12-14(11)20-6-5-19-12)9-17-4-2-1-3-13(16)18/h7-8,17H,1-6,9H2,(H2,16,18). The maximum atomic E-state index is 10.6. The minimum Gasteiger partial charge on any atom is -0.486 e. The molecule has 0 spiro atoms. The fourth-order valence-corrected chi connectivity index (χ4v) is 2.65. The van der Waals surface area contributed by atoms with Gasteiger partial charge in [-0.3, -0.25) is 4.79 Å². The van der Waals surface area contributed by atoms with Gasteiger partial charge < -0.3 is 20.5 Å². The number of hydrogen-bond donors (Lipinski definition) is 2. The van der Waals surface area contributed by atoms with Crippen LogP contribution in [0.1, 0.15) is 24.8 Å². The number of hydrogen-bond acceptors (Lipinski definition) is 4. The topological polar surface area (TPSA) is 73.6 Å². The molecular weight excluding hydrogens is 324 g/mol. The first-order valence-corrected chi connectivity index (χ1v) is 7.53. The molecule has 0 saturated heterocycles. The fraction of sp³-hybridized carbons (Fsp3) is 0.500. The molecule has 0 aromatic heterocycles. The molecule has 0 radical (unpaired) electrons. The van der Waals surface area contributed by atoms with E-state index < -0.39 is 0 Å². The SMILES string of the molecule is NC(=O)CCCCNCc1cc(Br)c2c(c1)OCCO2. The van der Waals surface area contributed by atoms with E-state index in [1.54, 1.807) is 0 Å². The van der Waals surface area contributed by atoms with E-state index in [1.165, 1.54) is 0 Å². The molecule has 0 aliphatic carbocycles. The molecule has 0 saturated carbocycles. The summed E-state index contributed by atoms with van der Waals surface area (Å²) in [4.78, 5) is 10.6. The van der Waals surface area contributed by atoms with Gasteiger partial charge in [-0.25, -0.2) is 0 Å². The van der Waals surface area contributed by atoms with Crippen molar-refractivity contribution in [2.24, 2.45) is 5.73 Å². The number of ether oxygens (including phenoxy) is 2. The second-order valence-electron chi connectivity index (χ2n) is 4.70. The highest BCUT2D eigenvalue weighted by molar-refractivity contribution is 9.10. The summed E-state index contributed by atoms with van der Waals surface area (Å²) in [5.74, 6) is 1.33. The number of nitrogens with one attached hydrogen (secondary N) is 1. The lowest BCUT2D eigenvalue weighted by molar-refractivity contribution is -0.118.